The predicted molar refractivity (Wildman–Crippen MR) is 67.7 cm³/mol. The lowest BCUT2D eigenvalue weighted by molar-refractivity contribution is -0.117. The van der Waals surface area contributed by atoms with Gasteiger partial charge in [0.2, 0.25) is 5.91 Å². The molecule has 4 nitrogen and oxygen atoms in total. The van der Waals surface area contributed by atoms with Gasteiger partial charge in [0.05, 0.1) is 17.4 Å². The maximum Gasteiger partial charge on any atom is 0.241 e. The van der Waals surface area contributed by atoms with Gasteiger partial charge in [0, 0.05) is 14.1 Å². The fourth-order valence-corrected chi connectivity index (χ4v) is 1.38. The first-order valence-electron chi connectivity index (χ1n) is 5.39. The molecular formula is C12H19N3O. The zero-order chi connectivity index (χ0) is 12.1. The van der Waals surface area contributed by atoms with E-state index < -0.39 is 6.04 Å². The van der Waals surface area contributed by atoms with Gasteiger partial charge in [-0.15, -0.1) is 0 Å². The number of benzene rings is 1. The summed E-state index contributed by atoms with van der Waals surface area (Å²) in [6.45, 7) is 1.89. The summed E-state index contributed by atoms with van der Waals surface area (Å²) in [4.78, 5) is 13.6. The van der Waals surface area contributed by atoms with Crippen molar-refractivity contribution in [3.05, 3.63) is 24.3 Å². The topological polar surface area (TPSA) is 58.4 Å². The third-order valence-corrected chi connectivity index (χ3v) is 2.42. The van der Waals surface area contributed by atoms with E-state index in [0.717, 1.165) is 11.4 Å². The van der Waals surface area contributed by atoms with Crippen LogP contribution in [-0.2, 0) is 4.79 Å². The van der Waals surface area contributed by atoms with Crippen LogP contribution in [0.4, 0.5) is 11.4 Å². The Bertz CT molecular complexity index is 363. The Morgan fingerprint density at radius 2 is 2.06 bits per heavy atom. The number of hydrogen-bond acceptors (Lipinski definition) is 3. The van der Waals surface area contributed by atoms with Gasteiger partial charge in [-0.05, 0) is 18.6 Å². The minimum Gasteiger partial charge on any atom is -0.376 e. The lowest BCUT2D eigenvalue weighted by atomic mass is 10.2. The molecule has 0 bridgehead atoms. The highest BCUT2D eigenvalue weighted by molar-refractivity contribution is 5.97. The number of rotatable bonds is 4. The predicted octanol–water partition coefficient (Wildman–Crippen LogP) is 1.43. The maximum atomic E-state index is 11.7. The van der Waals surface area contributed by atoms with E-state index in [9.17, 15) is 4.79 Å². The lowest BCUT2D eigenvalue weighted by Crippen LogP contribution is -2.35. The average Bonchev–Trinajstić information content (AvgIpc) is 2.28. The SMILES string of the molecule is CC[C@H](N)C(=O)Nc1ccccc1N(C)C. The van der Waals surface area contributed by atoms with Crippen LogP contribution in [0.3, 0.4) is 0 Å². The Kier molecular flexibility index (Phi) is 4.31. The Morgan fingerprint density at radius 1 is 1.44 bits per heavy atom. The van der Waals surface area contributed by atoms with E-state index in [0.29, 0.717) is 6.42 Å². The second-order valence-electron chi connectivity index (χ2n) is 3.92. The van der Waals surface area contributed by atoms with E-state index in [1.54, 1.807) is 0 Å². The zero-order valence-corrected chi connectivity index (χ0v) is 10.0. The number of nitrogens with zero attached hydrogens (tertiary/aromatic N) is 1. The van der Waals surface area contributed by atoms with Gasteiger partial charge in [-0.25, -0.2) is 0 Å². The Labute approximate surface area is 96.4 Å². The molecule has 0 saturated heterocycles. The molecule has 16 heavy (non-hydrogen) atoms. The van der Waals surface area contributed by atoms with Gasteiger partial charge in [-0.2, -0.15) is 0 Å². The van der Waals surface area contributed by atoms with Gasteiger partial charge in [0.15, 0.2) is 0 Å². The van der Waals surface area contributed by atoms with E-state index in [4.69, 9.17) is 5.73 Å². The van der Waals surface area contributed by atoms with Crippen molar-refractivity contribution >= 4 is 17.3 Å². The molecule has 1 aromatic rings. The monoisotopic (exact) mass is 221 g/mol. The Hall–Kier alpha value is -1.55. The minimum absolute atomic E-state index is 0.142. The van der Waals surface area contributed by atoms with Crippen molar-refractivity contribution < 1.29 is 4.79 Å². The number of carbonyl (C=O) groups excluding carboxylic acids is 1. The first-order valence-corrected chi connectivity index (χ1v) is 5.39. The average molecular weight is 221 g/mol. The fraction of sp³-hybridized carbons (Fsp3) is 0.417. The standard InChI is InChI=1S/C12H19N3O/c1-4-9(13)12(16)14-10-7-5-6-8-11(10)15(2)3/h5-9H,4,13H2,1-3H3,(H,14,16)/t9-/m0/s1. The molecule has 0 aromatic heterocycles. The van der Waals surface area contributed by atoms with Crippen molar-refractivity contribution in [3.8, 4) is 0 Å². The largest absolute Gasteiger partial charge is 0.376 e. The summed E-state index contributed by atoms with van der Waals surface area (Å²) >= 11 is 0. The summed E-state index contributed by atoms with van der Waals surface area (Å²) in [5.74, 6) is -0.142. The molecule has 0 saturated carbocycles. The van der Waals surface area contributed by atoms with Crippen molar-refractivity contribution in [2.75, 3.05) is 24.3 Å². The van der Waals surface area contributed by atoms with Crippen molar-refractivity contribution in [1.29, 1.82) is 0 Å². The van der Waals surface area contributed by atoms with Crippen LogP contribution >= 0.6 is 0 Å². The van der Waals surface area contributed by atoms with Gasteiger partial charge in [-0.1, -0.05) is 19.1 Å². The molecule has 0 heterocycles. The van der Waals surface area contributed by atoms with Crippen LogP contribution in [-0.4, -0.2) is 26.0 Å². The second-order valence-corrected chi connectivity index (χ2v) is 3.92. The molecule has 88 valence electrons. The smallest absolute Gasteiger partial charge is 0.241 e. The molecular weight excluding hydrogens is 202 g/mol. The number of carbonyl (C=O) groups is 1. The normalized spacial score (nSPS) is 12.0. The van der Waals surface area contributed by atoms with Crippen molar-refractivity contribution in [3.63, 3.8) is 0 Å². The number of hydrogen-bond donors (Lipinski definition) is 2. The van der Waals surface area contributed by atoms with E-state index in [-0.39, 0.29) is 5.91 Å². The molecule has 1 rings (SSSR count). The maximum absolute atomic E-state index is 11.7. The summed E-state index contributed by atoms with van der Waals surface area (Å²) < 4.78 is 0. The molecule has 0 fully saturated rings. The molecule has 1 amide bonds. The highest BCUT2D eigenvalue weighted by atomic mass is 16.2. The third-order valence-electron chi connectivity index (χ3n) is 2.42. The van der Waals surface area contributed by atoms with Crippen LogP contribution in [0.1, 0.15) is 13.3 Å². The van der Waals surface area contributed by atoms with E-state index in [1.807, 2.05) is 50.2 Å². The summed E-state index contributed by atoms with van der Waals surface area (Å²) in [7, 11) is 3.87. The van der Waals surface area contributed by atoms with E-state index in [2.05, 4.69) is 5.32 Å². The highest BCUT2D eigenvalue weighted by Crippen LogP contribution is 2.23. The van der Waals surface area contributed by atoms with Gasteiger partial charge in [-0.3, -0.25) is 4.79 Å². The minimum atomic E-state index is -0.449. The number of nitrogens with two attached hydrogens (primary N) is 1. The van der Waals surface area contributed by atoms with Crippen molar-refractivity contribution in [2.24, 2.45) is 5.73 Å². The number of amides is 1. The third kappa shape index (κ3) is 2.97. The molecule has 0 aliphatic carbocycles. The van der Waals surface area contributed by atoms with Crippen LogP contribution in [0.15, 0.2) is 24.3 Å². The Balaban J connectivity index is 2.84. The molecule has 0 aliphatic heterocycles. The quantitative estimate of drug-likeness (QED) is 0.808. The van der Waals surface area contributed by atoms with Crippen molar-refractivity contribution in [1.82, 2.24) is 0 Å². The summed E-state index contributed by atoms with van der Waals surface area (Å²) in [5.41, 5.74) is 7.43. The highest BCUT2D eigenvalue weighted by Gasteiger charge is 2.13. The van der Waals surface area contributed by atoms with Crippen molar-refractivity contribution in [2.45, 2.75) is 19.4 Å². The zero-order valence-electron chi connectivity index (χ0n) is 10.0. The summed E-state index contributed by atoms with van der Waals surface area (Å²) in [6.07, 6.45) is 0.635. The van der Waals surface area contributed by atoms with Gasteiger partial charge < -0.3 is 16.0 Å². The number of nitrogens with one attached hydrogen (secondary N) is 1. The summed E-state index contributed by atoms with van der Waals surface area (Å²) in [5, 5.41) is 2.84. The first kappa shape index (κ1) is 12.5. The summed E-state index contributed by atoms with van der Waals surface area (Å²) in [6, 6.07) is 7.20. The van der Waals surface area contributed by atoms with E-state index >= 15 is 0 Å². The lowest BCUT2D eigenvalue weighted by Gasteiger charge is -2.18. The van der Waals surface area contributed by atoms with Crippen LogP contribution < -0.4 is 16.0 Å². The fourth-order valence-electron chi connectivity index (χ4n) is 1.38. The molecule has 0 spiro atoms. The van der Waals surface area contributed by atoms with Crippen LogP contribution in [0, 0.1) is 0 Å². The Morgan fingerprint density at radius 3 is 2.62 bits per heavy atom. The number of para-hydroxylation sites is 2. The van der Waals surface area contributed by atoms with Crippen LogP contribution in [0.2, 0.25) is 0 Å². The van der Waals surface area contributed by atoms with Gasteiger partial charge in [0.25, 0.3) is 0 Å². The molecule has 4 heteroatoms. The molecule has 3 N–H and O–H groups in total. The van der Waals surface area contributed by atoms with Crippen LogP contribution in [0.25, 0.3) is 0 Å². The molecule has 0 radical (unpaired) electrons. The molecule has 1 aromatic carbocycles. The molecule has 0 unspecified atom stereocenters. The van der Waals surface area contributed by atoms with Gasteiger partial charge >= 0.3 is 0 Å². The molecule has 0 aliphatic rings. The van der Waals surface area contributed by atoms with Crippen LogP contribution in [0.5, 0.6) is 0 Å². The number of anilines is 2. The van der Waals surface area contributed by atoms with Gasteiger partial charge in [0.1, 0.15) is 0 Å². The first-order chi connectivity index (χ1) is 7.56. The molecule has 1 atom stereocenters. The van der Waals surface area contributed by atoms with E-state index in [1.165, 1.54) is 0 Å². The second kappa shape index (κ2) is 5.51.